The van der Waals surface area contributed by atoms with Crippen molar-refractivity contribution < 1.29 is 18.3 Å². The summed E-state index contributed by atoms with van der Waals surface area (Å²) in [7, 11) is 0. The highest BCUT2D eigenvalue weighted by atomic mass is 35.5. The smallest absolute Gasteiger partial charge is 0.253 e. The number of halogens is 3. The number of nitrogens with one attached hydrogen (secondary N) is 1. The third-order valence-corrected chi connectivity index (χ3v) is 4.93. The number of hydrogen-bond acceptors (Lipinski definition) is 5. The third-order valence-electron chi connectivity index (χ3n) is 4.64. The van der Waals surface area contributed by atoms with Gasteiger partial charge in [-0.15, -0.1) is 0 Å². The van der Waals surface area contributed by atoms with E-state index in [1.54, 1.807) is 17.2 Å². The molecule has 3 rings (SSSR count). The average molecular weight is 411 g/mol. The molecule has 1 N–H and O–H groups in total. The monoisotopic (exact) mass is 410 g/mol. The predicted molar refractivity (Wildman–Crippen MR) is 101 cm³/mol. The SMILES string of the molecule is O=C(c1ccc(F)c(Cl)c1)N1CCC(F)(CNCCOc2ccncn2)CC1. The molecule has 1 aliphatic heterocycles. The van der Waals surface area contributed by atoms with E-state index in [4.69, 9.17) is 16.3 Å². The first-order valence-corrected chi connectivity index (χ1v) is 9.37. The van der Waals surface area contributed by atoms with E-state index in [0.29, 0.717) is 37.7 Å². The highest BCUT2D eigenvalue weighted by molar-refractivity contribution is 6.31. The molecule has 150 valence electrons. The van der Waals surface area contributed by atoms with Crippen LogP contribution in [-0.4, -0.2) is 59.2 Å². The van der Waals surface area contributed by atoms with E-state index in [1.807, 2.05) is 0 Å². The Kier molecular flexibility index (Phi) is 6.74. The number of alkyl halides is 1. The third kappa shape index (κ3) is 5.36. The number of amides is 1. The Bertz CT molecular complexity index is 802. The number of nitrogens with zero attached hydrogens (tertiary/aromatic N) is 3. The summed E-state index contributed by atoms with van der Waals surface area (Å²) in [5.41, 5.74) is -1.08. The van der Waals surface area contributed by atoms with Crippen molar-refractivity contribution >= 4 is 17.5 Å². The van der Waals surface area contributed by atoms with Crippen molar-refractivity contribution in [2.75, 3.05) is 32.8 Å². The molecule has 1 saturated heterocycles. The Hall–Kier alpha value is -2.32. The fraction of sp³-hybridized carbons (Fsp3) is 0.421. The van der Waals surface area contributed by atoms with E-state index in [2.05, 4.69) is 15.3 Å². The van der Waals surface area contributed by atoms with Crippen LogP contribution in [-0.2, 0) is 0 Å². The molecule has 9 heteroatoms. The molecule has 0 spiro atoms. The van der Waals surface area contributed by atoms with Crippen molar-refractivity contribution in [1.29, 1.82) is 0 Å². The molecule has 28 heavy (non-hydrogen) atoms. The van der Waals surface area contributed by atoms with E-state index in [-0.39, 0.29) is 30.3 Å². The Balaban J connectivity index is 1.40. The lowest BCUT2D eigenvalue weighted by Gasteiger charge is -2.36. The second-order valence-electron chi connectivity index (χ2n) is 6.64. The van der Waals surface area contributed by atoms with Gasteiger partial charge >= 0.3 is 0 Å². The van der Waals surface area contributed by atoms with Gasteiger partial charge in [-0.25, -0.2) is 18.7 Å². The fourth-order valence-corrected chi connectivity index (χ4v) is 3.18. The quantitative estimate of drug-likeness (QED) is 0.711. The van der Waals surface area contributed by atoms with Gasteiger partial charge in [0.05, 0.1) is 5.02 Å². The molecule has 0 aliphatic carbocycles. The van der Waals surface area contributed by atoms with E-state index in [9.17, 15) is 13.6 Å². The summed E-state index contributed by atoms with van der Waals surface area (Å²) in [5, 5.41) is 2.95. The van der Waals surface area contributed by atoms with Gasteiger partial charge < -0.3 is 15.0 Å². The van der Waals surface area contributed by atoms with Crippen molar-refractivity contribution in [3.63, 3.8) is 0 Å². The van der Waals surface area contributed by atoms with Gasteiger partial charge in [0.15, 0.2) is 0 Å². The van der Waals surface area contributed by atoms with Crippen LogP contribution < -0.4 is 10.1 Å². The Morgan fingerprint density at radius 1 is 1.32 bits per heavy atom. The van der Waals surface area contributed by atoms with Crippen molar-refractivity contribution in [1.82, 2.24) is 20.2 Å². The Morgan fingerprint density at radius 3 is 2.79 bits per heavy atom. The molecule has 2 heterocycles. The molecule has 1 aliphatic rings. The summed E-state index contributed by atoms with van der Waals surface area (Å²) in [6.45, 7) is 1.62. The zero-order valence-electron chi connectivity index (χ0n) is 15.2. The summed E-state index contributed by atoms with van der Waals surface area (Å²) in [6, 6.07) is 5.50. The second kappa shape index (κ2) is 9.25. The van der Waals surface area contributed by atoms with Crippen molar-refractivity contribution in [2.45, 2.75) is 18.5 Å². The van der Waals surface area contributed by atoms with Crippen LogP contribution in [0.5, 0.6) is 5.88 Å². The molecule has 2 aromatic rings. The van der Waals surface area contributed by atoms with Crippen molar-refractivity contribution in [3.8, 4) is 5.88 Å². The van der Waals surface area contributed by atoms with Crippen LogP contribution in [0.3, 0.4) is 0 Å². The second-order valence-corrected chi connectivity index (χ2v) is 7.05. The molecule has 0 bridgehead atoms. The molecule has 1 fully saturated rings. The number of carbonyl (C=O) groups excluding carboxylic acids is 1. The fourth-order valence-electron chi connectivity index (χ4n) is 3.00. The van der Waals surface area contributed by atoms with E-state index < -0.39 is 11.5 Å². The zero-order valence-corrected chi connectivity index (χ0v) is 16.0. The molecular formula is C19H21ClF2N4O2. The number of aromatic nitrogens is 2. The molecular weight excluding hydrogens is 390 g/mol. The highest BCUT2D eigenvalue weighted by Crippen LogP contribution is 2.27. The standard InChI is InChI=1S/C19H21ClF2N4O2/c20-15-11-14(1-2-16(15)21)18(27)26-8-4-19(22,5-9-26)12-23-7-10-28-17-3-6-24-13-25-17/h1-3,6,11,13,23H,4-5,7-10,12H2. The average Bonchev–Trinajstić information content (AvgIpc) is 2.71. The van der Waals surface area contributed by atoms with Crippen LogP contribution in [0.25, 0.3) is 0 Å². The lowest BCUT2D eigenvalue weighted by Crippen LogP contribution is -2.49. The summed E-state index contributed by atoms with van der Waals surface area (Å²) in [5.74, 6) is -0.371. The van der Waals surface area contributed by atoms with Crippen LogP contribution in [0, 0.1) is 5.82 Å². The minimum absolute atomic E-state index is 0.101. The van der Waals surface area contributed by atoms with Gasteiger partial charge in [-0.05, 0) is 18.2 Å². The maximum Gasteiger partial charge on any atom is 0.253 e. The van der Waals surface area contributed by atoms with Gasteiger partial charge in [0.25, 0.3) is 5.91 Å². The number of piperidine rings is 1. The maximum atomic E-state index is 14.9. The van der Waals surface area contributed by atoms with Crippen molar-refractivity contribution in [2.24, 2.45) is 0 Å². The van der Waals surface area contributed by atoms with Crippen LogP contribution >= 0.6 is 11.6 Å². The number of rotatable bonds is 7. The van der Waals surface area contributed by atoms with Crippen LogP contribution in [0.1, 0.15) is 23.2 Å². The minimum atomic E-state index is -1.38. The van der Waals surface area contributed by atoms with Crippen molar-refractivity contribution in [3.05, 3.63) is 53.2 Å². The summed E-state index contributed by atoms with van der Waals surface area (Å²) < 4.78 is 33.6. The molecule has 1 aromatic heterocycles. The van der Waals surface area contributed by atoms with Gasteiger partial charge in [0.2, 0.25) is 5.88 Å². The van der Waals surface area contributed by atoms with Crippen LogP contribution in [0.15, 0.2) is 36.8 Å². The molecule has 1 aromatic carbocycles. The van der Waals surface area contributed by atoms with Gasteiger partial charge in [-0.3, -0.25) is 4.79 Å². The number of carbonyl (C=O) groups is 1. The number of ether oxygens (including phenoxy) is 1. The first kappa shape index (κ1) is 20.4. The van der Waals surface area contributed by atoms with Gasteiger partial charge in [0, 0.05) is 56.8 Å². The van der Waals surface area contributed by atoms with E-state index >= 15 is 0 Å². The summed E-state index contributed by atoms with van der Waals surface area (Å²) in [4.78, 5) is 21.8. The maximum absolute atomic E-state index is 14.9. The molecule has 1 amide bonds. The first-order chi connectivity index (χ1) is 13.5. The number of hydrogen-bond donors (Lipinski definition) is 1. The van der Waals surface area contributed by atoms with Gasteiger partial charge in [-0.2, -0.15) is 0 Å². The Morgan fingerprint density at radius 2 is 2.11 bits per heavy atom. The van der Waals surface area contributed by atoms with Gasteiger partial charge in [-0.1, -0.05) is 11.6 Å². The van der Waals surface area contributed by atoms with E-state index in [1.165, 1.54) is 18.5 Å². The number of likely N-dealkylation sites (tertiary alicyclic amines) is 1. The zero-order chi connectivity index (χ0) is 20.0. The lowest BCUT2D eigenvalue weighted by atomic mass is 9.93. The first-order valence-electron chi connectivity index (χ1n) is 9.00. The molecule has 0 saturated carbocycles. The normalized spacial score (nSPS) is 16.0. The highest BCUT2D eigenvalue weighted by Gasteiger charge is 2.35. The largest absolute Gasteiger partial charge is 0.476 e. The molecule has 0 radical (unpaired) electrons. The predicted octanol–water partition coefficient (Wildman–Crippen LogP) is 2.88. The summed E-state index contributed by atoms with van der Waals surface area (Å²) >= 11 is 5.73. The van der Waals surface area contributed by atoms with Gasteiger partial charge in [0.1, 0.15) is 24.4 Å². The lowest BCUT2D eigenvalue weighted by molar-refractivity contribution is 0.0433. The topological polar surface area (TPSA) is 67.4 Å². The molecule has 0 atom stereocenters. The molecule has 0 unspecified atom stereocenters. The van der Waals surface area contributed by atoms with Crippen LogP contribution in [0.4, 0.5) is 8.78 Å². The summed E-state index contributed by atoms with van der Waals surface area (Å²) in [6.07, 6.45) is 3.44. The van der Waals surface area contributed by atoms with Crippen LogP contribution in [0.2, 0.25) is 5.02 Å². The van der Waals surface area contributed by atoms with E-state index in [0.717, 1.165) is 6.07 Å². The Labute approximate surface area is 166 Å². The molecule has 6 nitrogen and oxygen atoms in total. The number of benzene rings is 1. The minimum Gasteiger partial charge on any atom is -0.476 e.